The molecule has 0 aliphatic rings. The average Bonchev–Trinajstić information content (AvgIpc) is 2.78. The summed E-state index contributed by atoms with van der Waals surface area (Å²) in [5, 5.41) is 19.9. The molecule has 0 saturated carbocycles. The molecule has 6 heteroatoms. The third-order valence-electron chi connectivity index (χ3n) is 2.21. The smallest absolute Gasteiger partial charge is 0.0964 e. The molecular weight excluding hydrogens is 232 g/mol. The molecule has 0 atom stereocenters. The molecule has 0 bridgehead atoms. The summed E-state index contributed by atoms with van der Waals surface area (Å²) < 4.78 is 7.10. The van der Waals surface area contributed by atoms with Crippen molar-refractivity contribution in [3.05, 3.63) is 24.0 Å². The van der Waals surface area contributed by atoms with E-state index in [1.165, 1.54) is 0 Å². The highest BCUT2D eigenvalue weighted by Gasteiger charge is 1.99. The van der Waals surface area contributed by atoms with Gasteiger partial charge in [-0.05, 0) is 13.3 Å². The highest BCUT2D eigenvalue weighted by atomic mass is 16.5. The Labute approximate surface area is 108 Å². The first-order valence-corrected chi connectivity index (χ1v) is 6.15. The van der Waals surface area contributed by atoms with Gasteiger partial charge >= 0.3 is 0 Å². The molecule has 1 heterocycles. The molecule has 0 unspecified atom stereocenters. The number of ether oxygens (including phenoxy) is 1. The van der Waals surface area contributed by atoms with E-state index in [1.807, 2.05) is 13.1 Å². The van der Waals surface area contributed by atoms with Gasteiger partial charge in [-0.1, -0.05) is 17.4 Å². The number of aliphatic hydroxyl groups is 1. The minimum atomic E-state index is 0.174. The van der Waals surface area contributed by atoms with Crippen molar-refractivity contribution in [2.45, 2.75) is 26.4 Å². The van der Waals surface area contributed by atoms with E-state index >= 15 is 0 Å². The molecule has 1 aromatic rings. The van der Waals surface area contributed by atoms with Crippen LogP contribution in [0.25, 0.3) is 0 Å². The third-order valence-corrected chi connectivity index (χ3v) is 2.21. The maximum absolute atomic E-state index is 8.70. The minimum Gasteiger partial charge on any atom is -0.396 e. The number of aryl methyl sites for hydroxylation is 1. The van der Waals surface area contributed by atoms with Crippen molar-refractivity contribution in [1.82, 2.24) is 20.3 Å². The molecule has 0 spiro atoms. The molecule has 0 fully saturated rings. The lowest BCUT2D eigenvalue weighted by Gasteiger charge is -2.04. The van der Waals surface area contributed by atoms with Crippen LogP contribution in [-0.2, 0) is 17.8 Å². The molecule has 102 valence electrons. The summed E-state index contributed by atoms with van der Waals surface area (Å²) in [6, 6.07) is 0. The van der Waals surface area contributed by atoms with E-state index in [9.17, 15) is 0 Å². The van der Waals surface area contributed by atoms with E-state index in [0.717, 1.165) is 17.8 Å². The second kappa shape index (κ2) is 8.79. The number of nitrogens with zero attached hydrogens (tertiary/aromatic N) is 3. The summed E-state index contributed by atoms with van der Waals surface area (Å²) in [5.41, 5.74) is 1.93. The number of aliphatic hydroxyl groups excluding tert-OH is 1. The number of hydrogen-bond donors (Lipinski definition) is 2. The van der Waals surface area contributed by atoms with Gasteiger partial charge in [0.2, 0.25) is 0 Å². The first-order chi connectivity index (χ1) is 8.72. The van der Waals surface area contributed by atoms with E-state index in [-0.39, 0.29) is 6.61 Å². The molecule has 0 saturated heterocycles. The first-order valence-electron chi connectivity index (χ1n) is 6.15. The summed E-state index contributed by atoms with van der Waals surface area (Å²) in [7, 11) is 0. The average molecular weight is 254 g/mol. The lowest BCUT2D eigenvalue weighted by molar-refractivity contribution is 0.157. The molecule has 0 aliphatic carbocycles. The Morgan fingerprint density at radius 3 is 3.17 bits per heavy atom. The van der Waals surface area contributed by atoms with Crippen molar-refractivity contribution in [1.29, 1.82) is 0 Å². The van der Waals surface area contributed by atoms with E-state index in [0.29, 0.717) is 32.7 Å². The van der Waals surface area contributed by atoms with E-state index < -0.39 is 0 Å². The second-order valence-corrected chi connectivity index (χ2v) is 4.24. The zero-order valence-corrected chi connectivity index (χ0v) is 10.9. The van der Waals surface area contributed by atoms with Gasteiger partial charge < -0.3 is 15.2 Å². The standard InChI is InChI=1S/C12H22N4O2/c1-11(2)10-18-7-4-13-8-12-9-16(15-14-12)5-3-6-17/h9,13,17H,1,3-8,10H2,2H3. The SMILES string of the molecule is C=C(C)COCCNCc1cn(CCCO)nn1. The van der Waals surface area contributed by atoms with Crippen LogP contribution in [0.5, 0.6) is 0 Å². The Hall–Kier alpha value is -1.24. The molecular formula is C12H22N4O2. The van der Waals surface area contributed by atoms with Crippen LogP contribution in [0.4, 0.5) is 0 Å². The van der Waals surface area contributed by atoms with Gasteiger partial charge in [0.15, 0.2) is 0 Å². The maximum atomic E-state index is 8.70. The third kappa shape index (κ3) is 6.48. The number of hydrogen-bond acceptors (Lipinski definition) is 5. The van der Waals surface area contributed by atoms with Gasteiger partial charge in [-0.15, -0.1) is 5.10 Å². The molecule has 0 radical (unpaired) electrons. The molecule has 2 N–H and O–H groups in total. The van der Waals surface area contributed by atoms with Crippen LogP contribution >= 0.6 is 0 Å². The summed E-state index contributed by atoms with van der Waals surface area (Å²) in [5.74, 6) is 0. The van der Waals surface area contributed by atoms with E-state index in [1.54, 1.807) is 4.68 Å². The monoisotopic (exact) mass is 254 g/mol. The van der Waals surface area contributed by atoms with E-state index in [2.05, 4.69) is 22.2 Å². The second-order valence-electron chi connectivity index (χ2n) is 4.24. The van der Waals surface area contributed by atoms with Gasteiger partial charge in [-0.2, -0.15) is 0 Å². The van der Waals surface area contributed by atoms with Crippen molar-refractivity contribution in [3.63, 3.8) is 0 Å². The lowest BCUT2D eigenvalue weighted by Crippen LogP contribution is -2.19. The van der Waals surface area contributed by atoms with Gasteiger partial charge in [-0.25, -0.2) is 0 Å². The molecule has 0 amide bonds. The number of nitrogens with one attached hydrogen (secondary N) is 1. The van der Waals surface area contributed by atoms with Crippen LogP contribution in [-0.4, -0.2) is 46.5 Å². The van der Waals surface area contributed by atoms with Crippen LogP contribution in [0, 0.1) is 0 Å². The summed E-state index contributed by atoms with van der Waals surface area (Å²) in [4.78, 5) is 0. The van der Waals surface area contributed by atoms with Crippen LogP contribution < -0.4 is 5.32 Å². The van der Waals surface area contributed by atoms with Crippen LogP contribution in [0.15, 0.2) is 18.3 Å². The lowest BCUT2D eigenvalue weighted by atomic mass is 10.4. The van der Waals surface area contributed by atoms with Crippen LogP contribution in [0.1, 0.15) is 19.0 Å². The van der Waals surface area contributed by atoms with Crippen LogP contribution in [0.2, 0.25) is 0 Å². The summed E-state index contributed by atoms with van der Waals surface area (Å²) >= 11 is 0. The van der Waals surface area contributed by atoms with Gasteiger partial charge in [0, 0.05) is 32.4 Å². The fourth-order valence-electron chi connectivity index (χ4n) is 1.37. The van der Waals surface area contributed by atoms with Gasteiger partial charge in [0.25, 0.3) is 0 Å². The molecule has 0 aromatic carbocycles. The van der Waals surface area contributed by atoms with Crippen molar-refractivity contribution in [2.75, 3.05) is 26.4 Å². The quantitative estimate of drug-likeness (QED) is 0.465. The maximum Gasteiger partial charge on any atom is 0.0964 e. The summed E-state index contributed by atoms with van der Waals surface area (Å²) in [6.45, 7) is 9.30. The molecule has 18 heavy (non-hydrogen) atoms. The van der Waals surface area contributed by atoms with Gasteiger partial charge in [0.1, 0.15) is 0 Å². The fraction of sp³-hybridized carbons (Fsp3) is 0.667. The van der Waals surface area contributed by atoms with Crippen molar-refractivity contribution in [2.24, 2.45) is 0 Å². The highest BCUT2D eigenvalue weighted by Crippen LogP contribution is 1.94. The molecule has 0 aliphatic heterocycles. The first kappa shape index (κ1) is 14.8. The van der Waals surface area contributed by atoms with Crippen molar-refractivity contribution < 1.29 is 9.84 Å². The highest BCUT2D eigenvalue weighted by molar-refractivity contribution is 4.91. The Morgan fingerprint density at radius 1 is 1.61 bits per heavy atom. The predicted molar refractivity (Wildman–Crippen MR) is 69.1 cm³/mol. The van der Waals surface area contributed by atoms with E-state index in [4.69, 9.17) is 9.84 Å². The summed E-state index contributed by atoms with van der Waals surface area (Å²) in [6.07, 6.45) is 2.59. The van der Waals surface area contributed by atoms with Gasteiger partial charge in [0.05, 0.1) is 18.9 Å². The Bertz CT molecular complexity index is 352. The van der Waals surface area contributed by atoms with Gasteiger partial charge in [-0.3, -0.25) is 4.68 Å². The van der Waals surface area contributed by atoms with Crippen molar-refractivity contribution >= 4 is 0 Å². The molecule has 1 aromatic heterocycles. The normalized spacial score (nSPS) is 10.8. The zero-order valence-electron chi connectivity index (χ0n) is 10.9. The van der Waals surface area contributed by atoms with Crippen LogP contribution in [0.3, 0.4) is 0 Å². The number of aromatic nitrogens is 3. The number of rotatable bonds is 10. The van der Waals surface area contributed by atoms with Crippen molar-refractivity contribution in [3.8, 4) is 0 Å². The zero-order chi connectivity index (χ0) is 13.2. The Balaban J connectivity index is 2.08. The molecule has 1 rings (SSSR count). The minimum absolute atomic E-state index is 0.174. The largest absolute Gasteiger partial charge is 0.396 e. The predicted octanol–water partition coefficient (Wildman–Crippen LogP) is 0.343. The topological polar surface area (TPSA) is 72.2 Å². The Kier molecular flexibility index (Phi) is 7.24. The fourth-order valence-corrected chi connectivity index (χ4v) is 1.37. The Morgan fingerprint density at radius 2 is 2.44 bits per heavy atom. The molecule has 6 nitrogen and oxygen atoms in total.